The van der Waals surface area contributed by atoms with Crippen LogP contribution in [0.1, 0.15) is 16.7 Å². The van der Waals surface area contributed by atoms with Gasteiger partial charge in [-0.15, -0.1) is 0 Å². The molecule has 4 rings (SSSR count). The SMILES string of the molecule is Cc1ccc(N(c2ccccc2)c2ccc3c(c2)CC3)cc1. The monoisotopic (exact) mass is 285 g/mol. The number of hydrogen-bond acceptors (Lipinski definition) is 1. The van der Waals surface area contributed by atoms with Crippen molar-refractivity contribution in [2.45, 2.75) is 19.8 Å². The molecule has 0 radical (unpaired) electrons. The Morgan fingerprint density at radius 2 is 1.27 bits per heavy atom. The molecule has 108 valence electrons. The molecule has 0 saturated heterocycles. The second-order valence-electron chi connectivity index (χ2n) is 5.96. The molecule has 0 aliphatic heterocycles. The summed E-state index contributed by atoms with van der Waals surface area (Å²) in [5.41, 5.74) is 7.93. The zero-order chi connectivity index (χ0) is 14.9. The van der Waals surface area contributed by atoms with Gasteiger partial charge in [-0.2, -0.15) is 0 Å². The summed E-state index contributed by atoms with van der Waals surface area (Å²) in [6, 6.07) is 26.2. The van der Waals surface area contributed by atoms with Crippen LogP contribution in [-0.2, 0) is 12.8 Å². The minimum Gasteiger partial charge on any atom is -0.310 e. The number of aryl methyl sites for hydroxylation is 3. The van der Waals surface area contributed by atoms with Crippen LogP contribution in [0.25, 0.3) is 0 Å². The lowest BCUT2D eigenvalue weighted by atomic mass is 9.88. The largest absolute Gasteiger partial charge is 0.310 e. The smallest absolute Gasteiger partial charge is 0.0464 e. The van der Waals surface area contributed by atoms with Gasteiger partial charge in [0.15, 0.2) is 0 Å². The van der Waals surface area contributed by atoms with E-state index in [1.807, 2.05) is 0 Å². The molecular formula is C21H19N. The third-order valence-corrected chi connectivity index (χ3v) is 4.42. The molecule has 0 unspecified atom stereocenters. The van der Waals surface area contributed by atoms with Gasteiger partial charge in [0.1, 0.15) is 0 Å². The van der Waals surface area contributed by atoms with E-state index in [0.717, 1.165) is 0 Å². The maximum absolute atomic E-state index is 2.34. The summed E-state index contributed by atoms with van der Waals surface area (Å²) in [7, 11) is 0. The number of anilines is 3. The normalized spacial score (nSPS) is 12.4. The van der Waals surface area contributed by atoms with Gasteiger partial charge in [-0.25, -0.2) is 0 Å². The van der Waals surface area contributed by atoms with E-state index in [-0.39, 0.29) is 0 Å². The van der Waals surface area contributed by atoms with Crippen LogP contribution in [0.15, 0.2) is 72.8 Å². The van der Waals surface area contributed by atoms with E-state index in [2.05, 4.69) is 84.6 Å². The van der Waals surface area contributed by atoms with E-state index in [1.54, 1.807) is 0 Å². The first-order valence-corrected chi connectivity index (χ1v) is 7.85. The Morgan fingerprint density at radius 3 is 1.91 bits per heavy atom. The van der Waals surface area contributed by atoms with Crippen molar-refractivity contribution in [3.63, 3.8) is 0 Å². The summed E-state index contributed by atoms with van der Waals surface area (Å²) in [5, 5.41) is 0. The highest BCUT2D eigenvalue weighted by atomic mass is 15.1. The van der Waals surface area contributed by atoms with Gasteiger partial charge in [0, 0.05) is 17.1 Å². The lowest BCUT2D eigenvalue weighted by Crippen LogP contribution is -2.13. The van der Waals surface area contributed by atoms with Gasteiger partial charge in [0.2, 0.25) is 0 Å². The molecule has 1 heteroatoms. The highest BCUT2D eigenvalue weighted by molar-refractivity contribution is 5.77. The van der Waals surface area contributed by atoms with Gasteiger partial charge in [-0.05, 0) is 67.3 Å². The van der Waals surface area contributed by atoms with Gasteiger partial charge < -0.3 is 4.90 Å². The molecule has 1 aliphatic rings. The van der Waals surface area contributed by atoms with E-state index in [9.17, 15) is 0 Å². The summed E-state index contributed by atoms with van der Waals surface area (Å²) in [5.74, 6) is 0. The molecule has 0 N–H and O–H groups in total. The Morgan fingerprint density at radius 1 is 0.636 bits per heavy atom. The third-order valence-electron chi connectivity index (χ3n) is 4.42. The molecule has 0 atom stereocenters. The van der Waals surface area contributed by atoms with Gasteiger partial charge in [-0.1, -0.05) is 42.0 Å². The predicted octanol–water partition coefficient (Wildman–Crippen LogP) is 5.56. The van der Waals surface area contributed by atoms with Crippen molar-refractivity contribution in [2.75, 3.05) is 4.90 Å². The van der Waals surface area contributed by atoms with Crippen LogP contribution in [0.5, 0.6) is 0 Å². The number of benzene rings is 3. The molecule has 3 aromatic carbocycles. The number of fused-ring (bicyclic) bond motifs is 1. The van der Waals surface area contributed by atoms with Crippen molar-refractivity contribution in [3.8, 4) is 0 Å². The van der Waals surface area contributed by atoms with E-state index < -0.39 is 0 Å². The van der Waals surface area contributed by atoms with Crippen molar-refractivity contribution in [3.05, 3.63) is 89.5 Å². The standard InChI is InChI=1S/C21H19N/c1-16-7-12-20(13-8-16)22(19-5-3-2-4-6-19)21-14-11-17-9-10-18(17)15-21/h2-8,11-15H,9-10H2,1H3. The zero-order valence-corrected chi connectivity index (χ0v) is 12.8. The van der Waals surface area contributed by atoms with E-state index >= 15 is 0 Å². The summed E-state index contributed by atoms with van der Waals surface area (Å²) in [6.07, 6.45) is 2.44. The van der Waals surface area contributed by atoms with Crippen LogP contribution in [0.3, 0.4) is 0 Å². The van der Waals surface area contributed by atoms with Crippen LogP contribution >= 0.6 is 0 Å². The first-order chi connectivity index (χ1) is 10.8. The molecule has 1 aliphatic carbocycles. The highest BCUT2D eigenvalue weighted by Gasteiger charge is 2.17. The average molecular weight is 285 g/mol. The Kier molecular flexibility index (Phi) is 3.19. The number of para-hydroxylation sites is 1. The lowest BCUT2D eigenvalue weighted by molar-refractivity contribution is 0.839. The third kappa shape index (κ3) is 2.29. The lowest BCUT2D eigenvalue weighted by Gasteiger charge is -2.28. The number of nitrogens with zero attached hydrogens (tertiary/aromatic N) is 1. The Hall–Kier alpha value is -2.54. The van der Waals surface area contributed by atoms with Crippen molar-refractivity contribution in [1.29, 1.82) is 0 Å². The minimum atomic E-state index is 1.20. The van der Waals surface area contributed by atoms with Gasteiger partial charge in [-0.3, -0.25) is 0 Å². The van der Waals surface area contributed by atoms with Crippen LogP contribution in [0.4, 0.5) is 17.1 Å². The van der Waals surface area contributed by atoms with Crippen LogP contribution in [0.2, 0.25) is 0 Å². The molecule has 0 aromatic heterocycles. The van der Waals surface area contributed by atoms with Crippen molar-refractivity contribution >= 4 is 17.1 Å². The van der Waals surface area contributed by atoms with Gasteiger partial charge in [0.05, 0.1) is 0 Å². The van der Waals surface area contributed by atoms with E-state index in [1.165, 1.54) is 46.6 Å². The fourth-order valence-electron chi connectivity index (χ4n) is 3.04. The Bertz CT molecular complexity index is 788. The topological polar surface area (TPSA) is 3.24 Å². The van der Waals surface area contributed by atoms with Gasteiger partial charge in [0.25, 0.3) is 0 Å². The summed E-state index contributed by atoms with van der Waals surface area (Å²) in [4.78, 5) is 2.33. The van der Waals surface area contributed by atoms with Crippen LogP contribution in [0, 0.1) is 6.92 Å². The molecule has 0 saturated carbocycles. The zero-order valence-electron chi connectivity index (χ0n) is 12.8. The molecule has 0 fully saturated rings. The fourth-order valence-corrected chi connectivity index (χ4v) is 3.04. The quantitative estimate of drug-likeness (QED) is 0.608. The van der Waals surface area contributed by atoms with Crippen molar-refractivity contribution in [1.82, 2.24) is 0 Å². The Labute approximate surface area is 131 Å². The fraction of sp³-hybridized carbons (Fsp3) is 0.143. The maximum Gasteiger partial charge on any atom is 0.0464 e. The summed E-state index contributed by atoms with van der Waals surface area (Å²) in [6.45, 7) is 2.13. The predicted molar refractivity (Wildman–Crippen MR) is 93.3 cm³/mol. The highest BCUT2D eigenvalue weighted by Crippen LogP contribution is 2.37. The molecule has 0 heterocycles. The molecular weight excluding hydrogens is 266 g/mol. The van der Waals surface area contributed by atoms with Crippen LogP contribution < -0.4 is 4.90 Å². The molecule has 1 nitrogen and oxygen atoms in total. The van der Waals surface area contributed by atoms with E-state index in [0.29, 0.717) is 0 Å². The maximum atomic E-state index is 2.34. The second-order valence-corrected chi connectivity index (χ2v) is 5.96. The average Bonchev–Trinajstić information content (AvgIpc) is 2.53. The molecule has 3 aromatic rings. The van der Waals surface area contributed by atoms with Crippen molar-refractivity contribution in [2.24, 2.45) is 0 Å². The molecule has 0 spiro atoms. The summed E-state index contributed by atoms with van der Waals surface area (Å²) < 4.78 is 0. The molecule has 0 amide bonds. The first-order valence-electron chi connectivity index (χ1n) is 7.85. The van der Waals surface area contributed by atoms with Crippen molar-refractivity contribution < 1.29 is 0 Å². The Balaban J connectivity index is 1.84. The van der Waals surface area contributed by atoms with Crippen LogP contribution in [-0.4, -0.2) is 0 Å². The van der Waals surface area contributed by atoms with Gasteiger partial charge >= 0.3 is 0 Å². The summed E-state index contributed by atoms with van der Waals surface area (Å²) >= 11 is 0. The minimum absolute atomic E-state index is 1.20. The second kappa shape index (κ2) is 5.34. The molecule has 22 heavy (non-hydrogen) atoms. The first kappa shape index (κ1) is 13.1. The number of rotatable bonds is 3. The molecule has 0 bridgehead atoms. The number of hydrogen-bond donors (Lipinski definition) is 0. The van der Waals surface area contributed by atoms with E-state index in [4.69, 9.17) is 0 Å².